The quantitative estimate of drug-likeness (QED) is 0.736. The van der Waals surface area contributed by atoms with Gasteiger partial charge in [-0.3, -0.25) is 14.5 Å². The van der Waals surface area contributed by atoms with Crippen molar-refractivity contribution in [2.24, 2.45) is 17.1 Å². The highest BCUT2D eigenvalue weighted by molar-refractivity contribution is 5.87. The first kappa shape index (κ1) is 22.3. The van der Waals surface area contributed by atoms with E-state index in [9.17, 15) is 19.2 Å². The molecule has 7 nitrogen and oxygen atoms in total. The second kappa shape index (κ2) is 7.78. The minimum absolute atomic E-state index is 0.0329. The van der Waals surface area contributed by atoms with Gasteiger partial charge in [0.15, 0.2) is 0 Å². The summed E-state index contributed by atoms with van der Waals surface area (Å²) in [5, 5.41) is 9.40. The van der Waals surface area contributed by atoms with Crippen LogP contribution in [-0.2, 0) is 9.59 Å². The second-order valence-electron chi connectivity index (χ2n) is 11.2. The molecule has 0 unspecified atom stereocenters. The molecule has 1 aromatic rings. The van der Waals surface area contributed by atoms with Crippen LogP contribution in [0.15, 0.2) is 24.3 Å². The van der Waals surface area contributed by atoms with E-state index in [1.54, 1.807) is 17.0 Å². The summed E-state index contributed by atoms with van der Waals surface area (Å²) in [5.41, 5.74) is 7.02. The van der Waals surface area contributed by atoms with Crippen molar-refractivity contribution < 1.29 is 14.0 Å². The van der Waals surface area contributed by atoms with Gasteiger partial charge in [-0.1, -0.05) is 32.9 Å². The van der Waals surface area contributed by atoms with Crippen molar-refractivity contribution in [2.75, 3.05) is 13.1 Å². The summed E-state index contributed by atoms with van der Waals surface area (Å²) in [6, 6.07) is 7.30. The highest BCUT2D eigenvalue weighted by Crippen LogP contribution is 2.48. The third-order valence-electron chi connectivity index (χ3n) is 7.85. The summed E-state index contributed by atoms with van der Waals surface area (Å²) in [7, 11) is 0. The van der Waals surface area contributed by atoms with Gasteiger partial charge in [0.2, 0.25) is 11.8 Å². The number of amides is 2. The van der Waals surface area contributed by atoms with Crippen LogP contribution in [0.5, 0.6) is 0 Å². The molecular formula is C25H32FN5O2. The molecule has 5 rings (SSSR count). The molecule has 2 N–H and O–H groups in total. The van der Waals surface area contributed by atoms with Crippen molar-refractivity contribution >= 4 is 11.8 Å². The van der Waals surface area contributed by atoms with Gasteiger partial charge in [0.05, 0.1) is 24.2 Å². The molecule has 4 aliphatic rings. The molecule has 2 bridgehead atoms. The number of carbonyl (C=O) groups excluding carboxylic acids is 2. The van der Waals surface area contributed by atoms with Crippen LogP contribution in [0.2, 0.25) is 0 Å². The van der Waals surface area contributed by atoms with Crippen LogP contribution in [0.1, 0.15) is 51.6 Å². The van der Waals surface area contributed by atoms with E-state index in [0.717, 1.165) is 18.4 Å². The molecule has 3 heterocycles. The summed E-state index contributed by atoms with van der Waals surface area (Å²) in [6.07, 6.45) is 2.43. The molecule has 0 radical (unpaired) electrons. The predicted octanol–water partition coefficient (Wildman–Crippen LogP) is 2.04. The van der Waals surface area contributed by atoms with Gasteiger partial charge in [0.1, 0.15) is 11.9 Å². The van der Waals surface area contributed by atoms with E-state index in [0.29, 0.717) is 25.4 Å². The van der Waals surface area contributed by atoms with Crippen molar-refractivity contribution in [3.05, 3.63) is 35.6 Å². The molecule has 8 heteroatoms. The van der Waals surface area contributed by atoms with E-state index in [1.807, 2.05) is 9.80 Å². The first-order chi connectivity index (χ1) is 15.6. The Morgan fingerprint density at radius 1 is 1.24 bits per heavy atom. The fourth-order valence-corrected chi connectivity index (χ4v) is 6.36. The van der Waals surface area contributed by atoms with Crippen LogP contribution in [0.4, 0.5) is 4.39 Å². The maximum absolute atomic E-state index is 13.5. The SMILES string of the molecule is CC(C)(C)[C@@H](c1ccc(F)cc1)N1C(=O)[C@@H]2C[C@H]1CN2C[C@H](N)C(=O)N1[C@H](C#N)C[C@@H]2C[C@@H]21. The number of carbonyl (C=O) groups is 2. The van der Waals surface area contributed by atoms with Crippen LogP contribution < -0.4 is 5.73 Å². The molecule has 1 saturated carbocycles. The van der Waals surface area contributed by atoms with Gasteiger partial charge in [-0.25, -0.2) is 4.39 Å². The topological polar surface area (TPSA) is 93.7 Å². The lowest BCUT2D eigenvalue weighted by Crippen LogP contribution is -2.58. The number of nitriles is 1. The van der Waals surface area contributed by atoms with Crippen molar-refractivity contribution in [2.45, 2.75) is 76.3 Å². The Balaban J connectivity index is 1.29. The number of rotatable bonds is 5. The van der Waals surface area contributed by atoms with Gasteiger partial charge in [0.25, 0.3) is 0 Å². The highest BCUT2D eigenvalue weighted by atomic mass is 19.1. The van der Waals surface area contributed by atoms with Crippen LogP contribution in [0.25, 0.3) is 0 Å². The Morgan fingerprint density at radius 2 is 1.94 bits per heavy atom. The first-order valence-electron chi connectivity index (χ1n) is 11.9. The average molecular weight is 454 g/mol. The van der Waals surface area contributed by atoms with Crippen molar-refractivity contribution in [3.8, 4) is 6.07 Å². The van der Waals surface area contributed by atoms with Gasteiger partial charge in [-0.05, 0) is 48.3 Å². The molecule has 176 valence electrons. The normalized spacial score (nSPS) is 32.6. The lowest BCUT2D eigenvalue weighted by atomic mass is 9.80. The lowest BCUT2D eigenvalue weighted by molar-refractivity contribution is -0.143. The molecule has 3 saturated heterocycles. The molecule has 0 spiro atoms. The van der Waals surface area contributed by atoms with E-state index in [4.69, 9.17) is 5.73 Å². The zero-order valence-corrected chi connectivity index (χ0v) is 19.4. The maximum Gasteiger partial charge on any atom is 0.242 e. The number of likely N-dealkylation sites (tertiary alicyclic amines) is 3. The van der Waals surface area contributed by atoms with E-state index in [1.165, 1.54) is 12.1 Å². The smallest absolute Gasteiger partial charge is 0.242 e. The minimum atomic E-state index is -0.740. The minimum Gasteiger partial charge on any atom is -0.329 e. The predicted molar refractivity (Wildman–Crippen MR) is 120 cm³/mol. The molecule has 2 amide bonds. The van der Waals surface area contributed by atoms with Gasteiger partial charge in [0, 0.05) is 25.2 Å². The number of halogens is 1. The molecule has 0 aromatic heterocycles. The molecule has 1 aromatic carbocycles. The molecule has 1 aliphatic carbocycles. The maximum atomic E-state index is 13.5. The van der Waals surface area contributed by atoms with E-state index < -0.39 is 6.04 Å². The second-order valence-corrected chi connectivity index (χ2v) is 11.2. The third-order valence-corrected chi connectivity index (χ3v) is 7.85. The van der Waals surface area contributed by atoms with E-state index >= 15 is 0 Å². The zero-order chi connectivity index (χ0) is 23.7. The zero-order valence-electron chi connectivity index (χ0n) is 19.4. The molecule has 33 heavy (non-hydrogen) atoms. The molecular weight excluding hydrogens is 421 g/mol. The number of nitrogens with two attached hydrogens (primary N) is 1. The number of hydrogen-bond donors (Lipinski definition) is 1. The number of hydrogen-bond acceptors (Lipinski definition) is 5. The number of piperazine rings is 1. The largest absolute Gasteiger partial charge is 0.329 e. The van der Waals surface area contributed by atoms with Gasteiger partial charge >= 0.3 is 0 Å². The summed E-state index contributed by atoms with van der Waals surface area (Å²) in [4.78, 5) is 32.3. The third kappa shape index (κ3) is 3.71. The van der Waals surface area contributed by atoms with Crippen molar-refractivity contribution in [1.29, 1.82) is 5.26 Å². The van der Waals surface area contributed by atoms with Gasteiger partial charge < -0.3 is 15.5 Å². The van der Waals surface area contributed by atoms with Crippen LogP contribution in [0, 0.1) is 28.5 Å². The monoisotopic (exact) mass is 453 g/mol. The Labute approximate surface area is 194 Å². The van der Waals surface area contributed by atoms with Crippen molar-refractivity contribution in [1.82, 2.24) is 14.7 Å². The number of piperidine rings is 1. The van der Waals surface area contributed by atoms with Crippen LogP contribution in [0.3, 0.4) is 0 Å². The number of fused-ring (bicyclic) bond motifs is 3. The van der Waals surface area contributed by atoms with E-state index in [-0.39, 0.29) is 53.3 Å². The van der Waals surface area contributed by atoms with Crippen LogP contribution in [-0.4, -0.2) is 69.8 Å². The van der Waals surface area contributed by atoms with Gasteiger partial charge in [-0.2, -0.15) is 5.26 Å². The summed E-state index contributed by atoms with van der Waals surface area (Å²) < 4.78 is 13.5. The Bertz CT molecular complexity index is 1000. The van der Waals surface area contributed by atoms with Crippen LogP contribution >= 0.6 is 0 Å². The molecule has 4 fully saturated rings. The number of nitrogens with zero attached hydrogens (tertiary/aromatic N) is 4. The van der Waals surface area contributed by atoms with E-state index in [2.05, 4.69) is 26.8 Å². The molecule has 3 aliphatic heterocycles. The Hall–Kier alpha value is -2.50. The lowest BCUT2D eigenvalue weighted by Gasteiger charge is -2.45. The first-order valence-corrected chi connectivity index (χ1v) is 11.9. The van der Waals surface area contributed by atoms with Gasteiger partial charge in [-0.15, -0.1) is 0 Å². The summed E-state index contributed by atoms with van der Waals surface area (Å²) in [5.74, 6) is 0.0372. The van der Waals surface area contributed by atoms with Crippen molar-refractivity contribution in [3.63, 3.8) is 0 Å². The molecule has 7 atom stereocenters. The summed E-state index contributed by atoms with van der Waals surface area (Å²) >= 11 is 0. The Kier molecular flexibility index (Phi) is 5.26. The highest BCUT2D eigenvalue weighted by Gasteiger charge is 2.56. The standard InChI is InChI=1S/C25H32FN5O2/c1-25(2,3)22(14-4-6-16(26)7-5-14)31-18-10-21(24(31)33)29(12-18)13-19(28)23(32)30-17(11-27)8-15-9-20(15)30/h4-7,15,17-22H,8-10,12-13,28H2,1-3H3/t15-,17+,18+,19+,20+,21+,22-/m1/s1. The average Bonchev–Trinajstić information content (AvgIpc) is 3.09. The summed E-state index contributed by atoms with van der Waals surface area (Å²) in [6.45, 7) is 7.28. The fraction of sp³-hybridized carbons (Fsp3) is 0.640. The number of benzene rings is 1. The fourth-order valence-electron chi connectivity index (χ4n) is 6.36. The Morgan fingerprint density at radius 3 is 2.55 bits per heavy atom.